The molecule has 0 aromatic carbocycles. The molecule has 1 spiro atoms. The van der Waals surface area contributed by atoms with Crippen LogP contribution in [0.1, 0.15) is 19.8 Å². The van der Waals surface area contributed by atoms with Gasteiger partial charge in [-0.3, -0.25) is 19.3 Å². The minimum Gasteiger partial charge on any atom is -0.461 e. The molecule has 5 rings (SSSR count). The molecule has 5 aliphatic rings. The SMILES string of the molecule is C[C@@]12C=CCOC(=O)[C@@H]1[C@H]1C(=O)N(CCCCO)C3C(=O)N(CCN4CCOCC4)CC=C[C@@]31S2. The zero-order valence-corrected chi connectivity index (χ0v) is 21.1. The predicted molar refractivity (Wildman–Crippen MR) is 131 cm³/mol. The molecule has 10 heteroatoms. The molecule has 0 bridgehead atoms. The lowest BCUT2D eigenvalue weighted by atomic mass is 9.75. The normalized spacial score (nSPS) is 37.1. The summed E-state index contributed by atoms with van der Waals surface area (Å²) in [6, 6.07) is -0.683. The van der Waals surface area contributed by atoms with Crippen molar-refractivity contribution >= 4 is 29.5 Å². The third-order valence-electron chi connectivity index (χ3n) is 7.99. The minimum atomic E-state index is -0.832. The molecule has 1 unspecified atom stereocenters. The first-order valence-corrected chi connectivity index (χ1v) is 13.5. The summed E-state index contributed by atoms with van der Waals surface area (Å²) in [5.74, 6) is -1.90. The van der Waals surface area contributed by atoms with Gasteiger partial charge < -0.3 is 24.4 Å². The van der Waals surface area contributed by atoms with Gasteiger partial charge in [-0.25, -0.2) is 0 Å². The fourth-order valence-electron chi connectivity index (χ4n) is 6.32. The third kappa shape index (κ3) is 4.22. The van der Waals surface area contributed by atoms with Crippen molar-refractivity contribution < 1.29 is 29.0 Å². The smallest absolute Gasteiger partial charge is 0.311 e. The highest BCUT2D eigenvalue weighted by Gasteiger charge is 2.73. The Morgan fingerprint density at radius 2 is 1.83 bits per heavy atom. The molecule has 5 aliphatic heterocycles. The van der Waals surface area contributed by atoms with Crippen molar-refractivity contribution in [2.75, 3.05) is 65.7 Å². The number of aliphatic hydroxyl groups excluding tert-OH is 1. The highest BCUT2D eigenvalue weighted by atomic mass is 32.2. The molecule has 9 nitrogen and oxygen atoms in total. The van der Waals surface area contributed by atoms with Crippen LogP contribution in [0.2, 0.25) is 0 Å². The van der Waals surface area contributed by atoms with E-state index in [1.54, 1.807) is 16.7 Å². The molecule has 0 radical (unpaired) electrons. The number of morpholine rings is 1. The summed E-state index contributed by atoms with van der Waals surface area (Å²) in [5, 5.41) is 9.31. The van der Waals surface area contributed by atoms with Crippen LogP contribution < -0.4 is 0 Å². The number of fused-ring (bicyclic) bond motifs is 2. The van der Waals surface area contributed by atoms with Gasteiger partial charge >= 0.3 is 5.97 Å². The average molecular weight is 506 g/mol. The summed E-state index contributed by atoms with van der Waals surface area (Å²) < 4.78 is 9.44. The van der Waals surface area contributed by atoms with E-state index in [0.717, 1.165) is 19.6 Å². The number of esters is 1. The van der Waals surface area contributed by atoms with Crippen LogP contribution in [0, 0.1) is 11.8 Å². The van der Waals surface area contributed by atoms with E-state index in [4.69, 9.17) is 9.47 Å². The molecule has 2 amide bonds. The quantitative estimate of drug-likeness (QED) is 0.300. The highest BCUT2D eigenvalue weighted by Crippen LogP contribution is 2.65. The Labute approximate surface area is 210 Å². The molecule has 1 N–H and O–H groups in total. The summed E-state index contributed by atoms with van der Waals surface area (Å²) >= 11 is 1.57. The van der Waals surface area contributed by atoms with Gasteiger partial charge in [0.25, 0.3) is 0 Å². The monoisotopic (exact) mass is 505 g/mol. The van der Waals surface area contributed by atoms with Crippen molar-refractivity contribution in [2.24, 2.45) is 11.8 Å². The Morgan fingerprint density at radius 1 is 1.03 bits per heavy atom. The summed E-state index contributed by atoms with van der Waals surface area (Å²) in [7, 11) is 0. The molecule has 3 saturated heterocycles. The van der Waals surface area contributed by atoms with Crippen LogP contribution in [-0.4, -0.2) is 119 Å². The van der Waals surface area contributed by atoms with Gasteiger partial charge in [0.2, 0.25) is 11.8 Å². The fraction of sp³-hybridized carbons (Fsp3) is 0.720. The maximum atomic E-state index is 14.1. The molecule has 192 valence electrons. The van der Waals surface area contributed by atoms with Crippen LogP contribution in [0.4, 0.5) is 0 Å². The number of carbonyl (C=O) groups excluding carboxylic acids is 3. The van der Waals surface area contributed by atoms with E-state index in [2.05, 4.69) is 4.90 Å². The first kappa shape index (κ1) is 24.8. The summed E-state index contributed by atoms with van der Waals surface area (Å²) in [6.45, 7) is 7.53. The van der Waals surface area contributed by atoms with Crippen LogP contribution in [0.25, 0.3) is 0 Å². The zero-order chi connectivity index (χ0) is 24.6. The Bertz CT molecular complexity index is 921. The first-order chi connectivity index (χ1) is 16.9. The van der Waals surface area contributed by atoms with Gasteiger partial charge in [-0.05, 0) is 25.8 Å². The molecule has 0 saturated carbocycles. The van der Waals surface area contributed by atoms with E-state index in [9.17, 15) is 19.5 Å². The van der Waals surface area contributed by atoms with E-state index in [1.807, 2.05) is 36.1 Å². The van der Waals surface area contributed by atoms with E-state index >= 15 is 0 Å². The number of hydrogen-bond acceptors (Lipinski definition) is 8. The van der Waals surface area contributed by atoms with Crippen LogP contribution in [-0.2, 0) is 23.9 Å². The molecular weight excluding hydrogens is 470 g/mol. The van der Waals surface area contributed by atoms with E-state index in [-0.39, 0.29) is 31.0 Å². The predicted octanol–water partition coefficient (Wildman–Crippen LogP) is 0.290. The van der Waals surface area contributed by atoms with Gasteiger partial charge in [-0.2, -0.15) is 0 Å². The van der Waals surface area contributed by atoms with Crippen molar-refractivity contribution in [1.29, 1.82) is 0 Å². The molecule has 0 aromatic heterocycles. The summed E-state index contributed by atoms with van der Waals surface area (Å²) in [4.78, 5) is 47.1. The topological polar surface area (TPSA) is 99.6 Å². The number of carbonyl (C=O) groups is 3. The summed E-state index contributed by atoms with van der Waals surface area (Å²) in [5.41, 5.74) is 0. The molecule has 35 heavy (non-hydrogen) atoms. The van der Waals surface area contributed by atoms with Crippen LogP contribution in [0.5, 0.6) is 0 Å². The second-order valence-electron chi connectivity index (χ2n) is 10.1. The average Bonchev–Trinajstić information content (AvgIpc) is 3.10. The van der Waals surface area contributed by atoms with Gasteiger partial charge in [0.15, 0.2) is 0 Å². The van der Waals surface area contributed by atoms with E-state index < -0.39 is 27.4 Å². The number of rotatable bonds is 7. The third-order valence-corrected chi connectivity index (χ3v) is 9.79. The molecule has 0 aliphatic carbocycles. The van der Waals surface area contributed by atoms with E-state index in [0.29, 0.717) is 45.7 Å². The molecule has 0 aromatic rings. The lowest BCUT2D eigenvalue weighted by Crippen LogP contribution is -2.54. The Hall–Kier alpha value is -1.88. The maximum Gasteiger partial charge on any atom is 0.311 e. The lowest BCUT2D eigenvalue weighted by molar-refractivity contribution is -0.152. The van der Waals surface area contributed by atoms with Crippen LogP contribution in [0.15, 0.2) is 24.3 Å². The van der Waals surface area contributed by atoms with Gasteiger partial charge in [-0.1, -0.05) is 18.2 Å². The van der Waals surface area contributed by atoms with Crippen molar-refractivity contribution in [3.05, 3.63) is 24.3 Å². The van der Waals surface area contributed by atoms with Crippen molar-refractivity contribution in [3.63, 3.8) is 0 Å². The number of aliphatic hydroxyl groups is 1. The molecular formula is C25H35N3O6S. The number of nitrogens with zero attached hydrogens (tertiary/aromatic N) is 3. The number of hydrogen-bond donors (Lipinski definition) is 1. The number of thioether (sulfide) groups is 1. The van der Waals surface area contributed by atoms with Gasteiger partial charge in [0, 0.05) is 50.6 Å². The van der Waals surface area contributed by atoms with Crippen molar-refractivity contribution in [1.82, 2.24) is 14.7 Å². The largest absolute Gasteiger partial charge is 0.461 e. The fourth-order valence-corrected chi connectivity index (χ4v) is 8.48. The van der Waals surface area contributed by atoms with Gasteiger partial charge in [0.05, 0.1) is 29.8 Å². The first-order valence-electron chi connectivity index (χ1n) is 12.6. The zero-order valence-electron chi connectivity index (χ0n) is 20.3. The van der Waals surface area contributed by atoms with E-state index in [1.165, 1.54) is 0 Å². The standard InChI is InChI=1S/C25H35N3O6S/c1-24-6-5-15-34-23(32)19(24)18-21(30)28(9-2-3-14-29)20-22(31)27(8-4-7-25(18,20)35-24)11-10-26-12-16-33-17-13-26/h4-7,18-20,29H,2-3,8-17H2,1H3/t18-,19-,20?,24+,25-/m0/s1. The second-order valence-corrected chi connectivity index (χ2v) is 11.9. The molecule has 5 heterocycles. The Morgan fingerprint density at radius 3 is 2.60 bits per heavy atom. The van der Waals surface area contributed by atoms with Crippen molar-refractivity contribution in [3.8, 4) is 0 Å². The maximum absolute atomic E-state index is 14.1. The minimum absolute atomic E-state index is 0.0351. The Kier molecular flexibility index (Phi) is 7.00. The molecule has 3 fully saturated rings. The van der Waals surface area contributed by atoms with Gasteiger partial charge in [0.1, 0.15) is 12.6 Å². The highest BCUT2D eigenvalue weighted by molar-refractivity contribution is 8.02. The van der Waals surface area contributed by atoms with Gasteiger partial charge in [-0.15, -0.1) is 11.8 Å². The Balaban J connectivity index is 1.47. The summed E-state index contributed by atoms with van der Waals surface area (Å²) in [6.07, 6.45) is 9.02. The number of likely N-dealkylation sites (tertiary alicyclic amines) is 1. The number of amides is 2. The lowest BCUT2D eigenvalue weighted by Gasteiger charge is -2.37. The second kappa shape index (κ2) is 9.88. The van der Waals surface area contributed by atoms with Crippen LogP contribution >= 0.6 is 11.8 Å². The number of unbranched alkanes of at least 4 members (excludes halogenated alkanes) is 1. The number of ether oxygens (including phenoxy) is 2. The number of cyclic esters (lactones) is 1. The van der Waals surface area contributed by atoms with Crippen LogP contribution in [0.3, 0.4) is 0 Å². The van der Waals surface area contributed by atoms with Crippen molar-refractivity contribution in [2.45, 2.75) is 35.3 Å². The molecule has 5 atom stereocenters.